The molecule has 0 aliphatic heterocycles. The highest BCUT2D eigenvalue weighted by molar-refractivity contribution is 5.18. The van der Waals surface area contributed by atoms with Gasteiger partial charge in [-0.25, -0.2) is 0 Å². The van der Waals surface area contributed by atoms with Crippen molar-refractivity contribution < 1.29 is 0 Å². The van der Waals surface area contributed by atoms with Crippen LogP contribution in [0.2, 0.25) is 0 Å². The fourth-order valence-corrected chi connectivity index (χ4v) is 2.88. The van der Waals surface area contributed by atoms with E-state index in [1.807, 2.05) is 31.6 Å². The van der Waals surface area contributed by atoms with Gasteiger partial charge in [-0.05, 0) is 11.1 Å². The summed E-state index contributed by atoms with van der Waals surface area (Å²) in [5, 5.41) is 4.23. The van der Waals surface area contributed by atoms with E-state index >= 15 is 0 Å². The lowest BCUT2D eigenvalue weighted by Gasteiger charge is -2.25. The molecule has 124 valence electrons. The van der Waals surface area contributed by atoms with E-state index in [-0.39, 0.29) is 6.04 Å². The van der Waals surface area contributed by atoms with E-state index in [4.69, 9.17) is 5.73 Å². The largest absolute Gasteiger partial charge is 0.323 e. The molecule has 2 N–H and O–H groups in total. The molecule has 3 aromatic rings. The van der Waals surface area contributed by atoms with E-state index in [0.29, 0.717) is 0 Å². The Kier molecular flexibility index (Phi) is 5.41. The first-order valence-electron chi connectivity index (χ1n) is 8.25. The van der Waals surface area contributed by atoms with Gasteiger partial charge in [-0.15, -0.1) is 0 Å². The minimum Gasteiger partial charge on any atom is -0.323 e. The summed E-state index contributed by atoms with van der Waals surface area (Å²) in [5.41, 5.74) is 10.1. The van der Waals surface area contributed by atoms with Crippen LogP contribution in [0, 0.1) is 0 Å². The Hall–Kier alpha value is -2.43. The molecule has 0 bridgehead atoms. The number of rotatable bonds is 7. The Morgan fingerprint density at radius 2 is 1.50 bits per heavy atom. The zero-order chi connectivity index (χ0) is 16.8. The molecule has 4 nitrogen and oxygen atoms in total. The highest BCUT2D eigenvalue weighted by Crippen LogP contribution is 2.16. The third-order valence-electron chi connectivity index (χ3n) is 4.11. The Bertz CT molecular complexity index is 695. The van der Waals surface area contributed by atoms with Crippen LogP contribution in [-0.4, -0.2) is 21.2 Å². The lowest BCUT2D eigenvalue weighted by atomic mass is 10.1. The average molecular weight is 320 g/mol. The van der Waals surface area contributed by atoms with E-state index in [1.165, 1.54) is 11.1 Å². The Balaban J connectivity index is 1.73. The number of aryl methyl sites for hydroxylation is 1. The van der Waals surface area contributed by atoms with E-state index in [9.17, 15) is 0 Å². The number of hydrogen-bond donors (Lipinski definition) is 1. The molecule has 0 radical (unpaired) electrons. The standard InChI is InChI=1S/C20H24N4/c1-23-15-19(12-22-23)20(21)16-24(13-17-8-4-2-5-9-17)14-18-10-6-3-7-11-18/h2-12,15,20H,13-14,16,21H2,1H3. The number of aromatic nitrogens is 2. The van der Waals surface area contributed by atoms with Crippen LogP contribution < -0.4 is 5.73 Å². The second-order valence-electron chi connectivity index (χ2n) is 6.19. The van der Waals surface area contributed by atoms with Crippen LogP contribution in [0.4, 0.5) is 0 Å². The Morgan fingerprint density at radius 1 is 0.958 bits per heavy atom. The summed E-state index contributed by atoms with van der Waals surface area (Å²) in [6.45, 7) is 2.54. The smallest absolute Gasteiger partial charge is 0.0537 e. The summed E-state index contributed by atoms with van der Waals surface area (Å²) in [7, 11) is 1.92. The van der Waals surface area contributed by atoms with Crippen LogP contribution in [0.15, 0.2) is 73.1 Å². The molecule has 0 amide bonds. The van der Waals surface area contributed by atoms with E-state index in [0.717, 1.165) is 25.2 Å². The van der Waals surface area contributed by atoms with Crippen molar-refractivity contribution in [2.75, 3.05) is 6.54 Å². The average Bonchev–Trinajstić information content (AvgIpc) is 3.03. The van der Waals surface area contributed by atoms with Crippen molar-refractivity contribution in [2.24, 2.45) is 12.8 Å². The fourth-order valence-electron chi connectivity index (χ4n) is 2.88. The number of nitrogens with zero attached hydrogens (tertiary/aromatic N) is 3. The Morgan fingerprint density at radius 3 is 1.96 bits per heavy atom. The van der Waals surface area contributed by atoms with Crippen molar-refractivity contribution in [3.05, 3.63) is 89.7 Å². The molecule has 1 atom stereocenters. The normalized spacial score (nSPS) is 12.5. The van der Waals surface area contributed by atoms with Crippen molar-refractivity contribution in [1.82, 2.24) is 14.7 Å². The molecule has 0 aliphatic rings. The van der Waals surface area contributed by atoms with Crippen LogP contribution in [0.5, 0.6) is 0 Å². The molecule has 3 rings (SSSR count). The minimum absolute atomic E-state index is 0.0499. The van der Waals surface area contributed by atoms with E-state index in [2.05, 4.69) is 58.5 Å². The SMILES string of the molecule is Cn1cc(C(N)CN(Cc2ccccc2)Cc2ccccc2)cn1. The van der Waals surface area contributed by atoms with Crippen LogP contribution in [0.3, 0.4) is 0 Å². The van der Waals surface area contributed by atoms with Crippen molar-refractivity contribution in [3.63, 3.8) is 0 Å². The van der Waals surface area contributed by atoms with Gasteiger partial charge in [0.25, 0.3) is 0 Å². The van der Waals surface area contributed by atoms with Gasteiger partial charge < -0.3 is 5.73 Å². The molecule has 0 fully saturated rings. The van der Waals surface area contributed by atoms with Gasteiger partial charge >= 0.3 is 0 Å². The first-order valence-corrected chi connectivity index (χ1v) is 8.25. The summed E-state index contributed by atoms with van der Waals surface area (Å²) in [6, 6.07) is 21.0. The lowest BCUT2D eigenvalue weighted by molar-refractivity contribution is 0.240. The summed E-state index contributed by atoms with van der Waals surface area (Å²) < 4.78 is 1.80. The van der Waals surface area contributed by atoms with Gasteiger partial charge in [-0.2, -0.15) is 5.10 Å². The second kappa shape index (κ2) is 7.90. The monoisotopic (exact) mass is 320 g/mol. The summed E-state index contributed by atoms with van der Waals surface area (Å²) >= 11 is 0. The topological polar surface area (TPSA) is 47.1 Å². The zero-order valence-corrected chi connectivity index (χ0v) is 14.0. The molecule has 2 aromatic carbocycles. The molecule has 0 spiro atoms. The van der Waals surface area contributed by atoms with Crippen LogP contribution in [-0.2, 0) is 20.1 Å². The predicted octanol–water partition coefficient (Wildman–Crippen LogP) is 3.12. The van der Waals surface area contributed by atoms with Gasteiger partial charge in [0.15, 0.2) is 0 Å². The predicted molar refractivity (Wildman–Crippen MR) is 97.1 cm³/mol. The van der Waals surface area contributed by atoms with Crippen molar-refractivity contribution in [2.45, 2.75) is 19.1 Å². The zero-order valence-electron chi connectivity index (χ0n) is 14.0. The molecule has 24 heavy (non-hydrogen) atoms. The van der Waals surface area contributed by atoms with Crippen molar-refractivity contribution in [3.8, 4) is 0 Å². The van der Waals surface area contributed by atoms with E-state index < -0.39 is 0 Å². The quantitative estimate of drug-likeness (QED) is 0.727. The summed E-state index contributed by atoms with van der Waals surface area (Å²) in [6.07, 6.45) is 3.85. The van der Waals surface area contributed by atoms with Crippen molar-refractivity contribution in [1.29, 1.82) is 0 Å². The first-order chi connectivity index (χ1) is 11.7. The Labute approximate surface area is 143 Å². The van der Waals surface area contributed by atoms with Gasteiger partial charge in [0.2, 0.25) is 0 Å². The fraction of sp³-hybridized carbons (Fsp3) is 0.250. The van der Waals surface area contributed by atoms with Gasteiger partial charge in [-0.3, -0.25) is 9.58 Å². The van der Waals surface area contributed by atoms with Crippen molar-refractivity contribution >= 4 is 0 Å². The van der Waals surface area contributed by atoms with Crippen LogP contribution in [0.1, 0.15) is 22.7 Å². The molecular formula is C20H24N4. The van der Waals surface area contributed by atoms with E-state index in [1.54, 1.807) is 4.68 Å². The molecule has 0 saturated heterocycles. The summed E-state index contributed by atoms with van der Waals surface area (Å²) in [5.74, 6) is 0. The van der Waals surface area contributed by atoms with Gasteiger partial charge in [0.05, 0.1) is 6.20 Å². The molecule has 1 heterocycles. The summed E-state index contributed by atoms with van der Waals surface area (Å²) in [4.78, 5) is 2.39. The first kappa shape index (κ1) is 16.4. The second-order valence-corrected chi connectivity index (χ2v) is 6.19. The highest BCUT2D eigenvalue weighted by atomic mass is 15.2. The molecule has 1 aromatic heterocycles. The van der Waals surface area contributed by atoms with Gasteiger partial charge in [0, 0.05) is 44.5 Å². The van der Waals surface area contributed by atoms with Crippen LogP contribution in [0.25, 0.3) is 0 Å². The van der Waals surface area contributed by atoms with Crippen LogP contribution >= 0.6 is 0 Å². The maximum atomic E-state index is 6.42. The molecular weight excluding hydrogens is 296 g/mol. The highest BCUT2D eigenvalue weighted by Gasteiger charge is 2.15. The lowest BCUT2D eigenvalue weighted by Crippen LogP contribution is -2.31. The third-order valence-corrected chi connectivity index (χ3v) is 4.11. The van der Waals surface area contributed by atoms with Gasteiger partial charge in [0.1, 0.15) is 0 Å². The van der Waals surface area contributed by atoms with Gasteiger partial charge in [-0.1, -0.05) is 60.7 Å². The maximum Gasteiger partial charge on any atom is 0.0537 e. The molecule has 0 aliphatic carbocycles. The molecule has 1 unspecified atom stereocenters. The number of benzene rings is 2. The number of nitrogens with two attached hydrogens (primary N) is 1. The molecule has 4 heteroatoms. The minimum atomic E-state index is -0.0499. The number of hydrogen-bond acceptors (Lipinski definition) is 3. The third kappa shape index (κ3) is 4.54. The maximum absolute atomic E-state index is 6.42. The molecule has 0 saturated carbocycles.